The number of hydrogen-bond acceptors (Lipinski definition) is 2. The first kappa shape index (κ1) is 12.0. The number of nitrogens with zero attached hydrogens (tertiary/aromatic N) is 1. The number of aromatic nitrogens is 1. The van der Waals surface area contributed by atoms with E-state index >= 15 is 0 Å². The fourth-order valence-corrected chi connectivity index (χ4v) is 2.09. The zero-order chi connectivity index (χ0) is 13.1. The highest BCUT2D eigenvalue weighted by Crippen LogP contribution is 2.41. The summed E-state index contributed by atoms with van der Waals surface area (Å²) in [6.45, 7) is 4.71. The van der Waals surface area contributed by atoms with Crippen LogP contribution >= 0.6 is 0 Å². The van der Waals surface area contributed by atoms with E-state index in [4.69, 9.17) is 4.74 Å². The smallest absolute Gasteiger partial charge is 0.214 e. The molecule has 0 atom stereocenters. The second-order valence-electron chi connectivity index (χ2n) is 4.96. The first-order valence-electron chi connectivity index (χ1n) is 6.65. The first-order valence-corrected chi connectivity index (χ1v) is 6.65. The molecule has 2 nitrogen and oxygen atoms in total. The molecule has 0 bridgehead atoms. The van der Waals surface area contributed by atoms with Gasteiger partial charge in [0.05, 0.1) is 0 Å². The van der Waals surface area contributed by atoms with Gasteiger partial charge in [-0.15, -0.1) is 0 Å². The molecule has 19 heavy (non-hydrogen) atoms. The van der Waals surface area contributed by atoms with E-state index in [1.54, 1.807) is 6.20 Å². The van der Waals surface area contributed by atoms with Crippen molar-refractivity contribution < 1.29 is 4.74 Å². The standard InChI is InChI=1S/C17H17NO/c1-13(15-7-8-15)16-9-10-18-17(11-16)19-12-14-5-3-2-4-6-14/h2-6,9-11,15H,1,7-8,12H2. The number of pyridine rings is 1. The molecule has 2 heteroatoms. The molecular weight excluding hydrogens is 234 g/mol. The Morgan fingerprint density at radius 2 is 2.00 bits per heavy atom. The number of hydrogen-bond donors (Lipinski definition) is 0. The summed E-state index contributed by atoms with van der Waals surface area (Å²) in [6, 6.07) is 14.1. The van der Waals surface area contributed by atoms with Crippen molar-refractivity contribution in [1.29, 1.82) is 0 Å². The Hall–Kier alpha value is -2.09. The first-order chi connectivity index (χ1) is 9.33. The van der Waals surface area contributed by atoms with Crippen LogP contribution in [0.15, 0.2) is 55.2 Å². The van der Waals surface area contributed by atoms with Gasteiger partial charge in [0.15, 0.2) is 0 Å². The molecule has 3 rings (SSSR count). The van der Waals surface area contributed by atoms with Crippen molar-refractivity contribution in [3.05, 3.63) is 66.4 Å². The molecule has 0 amide bonds. The van der Waals surface area contributed by atoms with Crippen LogP contribution in [0.4, 0.5) is 0 Å². The van der Waals surface area contributed by atoms with E-state index in [1.165, 1.54) is 18.4 Å². The van der Waals surface area contributed by atoms with E-state index in [0.717, 1.165) is 11.1 Å². The third-order valence-electron chi connectivity index (χ3n) is 3.41. The van der Waals surface area contributed by atoms with Gasteiger partial charge in [-0.3, -0.25) is 0 Å². The fraction of sp³-hybridized carbons (Fsp3) is 0.235. The number of allylic oxidation sites excluding steroid dienone is 1. The third-order valence-corrected chi connectivity index (χ3v) is 3.41. The summed E-state index contributed by atoms with van der Waals surface area (Å²) in [7, 11) is 0. The van der Waals surface area contributed by atoms with Gasteiger partial charge in [-0.2, -0.15) is 0 Å². The molecule has 1 aromatic carbocycles. The van der Waals surface area contributed by atoms with Crippen LogP contribution in [0, 0.1) is 5.92 Å². The van der Waals surface area contributed by atoms with Gasteiger partial charge in [-0.05, 0) is 41.5 Å². The van der Waals surface area contributed by atoms with Crippen LogP contribution in [-0.4, -0.2) is 4.98 Å². The van der Waals surface area contributed by atoms with Crippen molar-refractivity contribution in [1.82, 2.24) is 4.98 Å². The lowest BCUT2D eigenvalue weighted by Crippen LogP contribution is -1.97. The molecule has 0 radical (unpaired) electrons. The predicted octanol–water partition coefficient (Wildman–Crippen LogP) is 4.08. The van der Waals surface area contributed by atoms with E-state index in [-0.39, 0.29) is 0 Å². The Balaban J connectivity index is 1.67. The minimum Gasteiger partial charge on any atom is -0.473 e. The summed E-state index contributed by atoms with van der Waals surface area (Å²) < 4.78 is 5.73. The second kappa shape index (κ2) is 5.27. The summed E-state index contributed by atoms with van der Waals surface area (Å²) in [4.78, 5) is 4.25. The van der Waals surface area contributed by atoms with E-state index in [1.807, 2.05) is 42.5 Å². The van der Waals surface area contributed by atoms with Crippen molar-refractivity contribution in [3.63, 3.8) is 0 Å². The van der Waals surface area contributed by atoms with E-state index in [2.05, 4.69) is 11.6 Å². The normalized spacial score (nSPS) is 14.1. The summed E-state index contributed by atoms with van der Waals surface area (Å²) in [5.41, 5.74) is 3.52. The van der Waals surface area contributed by atoms with Crippen LogP contribution in [-0.2, 0) is 6.61 Å². The average molecular weight is 251 g/mol. The molecule has 2 aromatic rings. The highest BCUT2D eigenvalue weighted by atomic mass is 16.5. The Bertz CT molecular complexity index is 573. The van der Waals surface area contributed by atoms with Crippen molar-refractivity contribution in [3.8, 4) is 5.88 Å². The molecule has 1 heterocycles. The zero-order valence-electron chi connectivity index (χ0n) is 10.9. The monoisotopic (exact) mass is 251 g/mol. The van der Waals surface area contributed by atoms with E-state index in [0.29, 0.717) is 18.4 Å². The van der Waals surface area contributed by atoms with Crippen LogP contribution in [0.1, 0.15) is 24.0 Å². The summed E-state index contributed by atoms with van der Waals surface area (Å²) >= 11 is 0. The predicted molar refractivity (Wildman–Crippen MR) is 76.8 cm³/mol. The minimum absolute atomic E-state index is 0.549. The molecule has 0 N–H and O–H groups in total. The van der Waals surface area contributed by atoms with Gasteiger partial charge < -0.3 is 4.74 Å². The Morgan fingerprint density at radius 3 is 2.74 bits per heavy atom. The van der Waals surface area contributed by atoms with E-state index < -0.39 is 0 Å². The quantitative estimate of drug-likeness (QED) is 0.798. The maximum absolute atomic E-state index is 5.73. The molecule has 1 fully saturated rings. The molecule has 0 spiro atoms. The molecule has 0 saturated heterocycles. The van der Waals surface area contributed by atoms with Gasteiger partial charge in [0.25, 0.3) is 0 Å². The van der Waals surface area contributed by atoms with Crippen LogP contribution in [0.2, 0.25) is 0 Å². The van der Waals surface area contributed by atoms with Gasteiger partial charge in [-0.25, -0.2) is 4.98 Å². The van der Waals surface area contributed by atoms with Crippen molar-refractivity contribution in [2.24, 2.45) is 5.92 Å². The number of rotatable bonds is 5. The van der Waals surface area contributed by atoms with Crippen molar-refractivity contribution in [2.75, 3.05) is 0 Å². The average Bonchev–Trinajstić information content (AvgIpc) is 3.30. The molecular formula is C17H17NO. The maximum atomic E-state index is 5.73. The number of benzene rings is 1. The SMILES string of the molecule is C=C(c1ccnc(OCc2ccccc2)c1)C1CC1. The van der Waals surface area contributed by atoms with E-state index in [9.17, 15) is 0 Å². The molecule has 96 valence electrons. The highest BCUT2D eigenvalue weighted by molar-refractivity contribution is 5.67. The van der Waals surface area contributed by atoms with Gasteiger partial charge in [0.1, 0.15) is 6.61 Å². The van der Waals surface area contributed by atoms with Gasteiger partial charge in [0, 0.05) is 12.3 Å². The molecule has 0 unspecified atom stereocenters. The maximum Gasteiger partial charge on any atom is 0.214 e. The zero-order valence-corrected chi connectivity index (χ0v) is 10.9. The lowest BCUT2D eigenvalue weighted by atomic mass is 10.1. The van der Waals surface area contributed by atoms with Crippen molar-refractivity contribution in [2.45, 2.75) is 19.4 Å². The Labute approximate surface area is 113 Å². The minimum atomic E-state index is 0.549. The van der Waals surface area contributed by atoms with Gasteiger partial charge in [0.2, 0.25) is 5.88 Å². The lowest BCUT2D eigenvalue weighted by Gasteiger charge is -2.08. The van der Waals surface area contributed by atoms with Gasteiger partial charge >= 0.3 is 0 Å². The molecule has 1 aliphatic rings. The molecule has 0 aliphatic heterocycles. The van der Waals surface area contributed by atoms with Crippen LogP contribution < -0.4 is 4.74 Å². The lowest BCUT2D eigenvalue weighted by molar-refractivity contribution is 0.294. The third kappa shape index (κ3) is 3.02. The Morgan fingerprint density at radius 1 is 1.21 bits per heavy atom. The fourth-order valence-electron chi connectivity index (χ4n) is 2.09. The summed E-state index contributed by atoms with van der Waals surface area (Å²) in [6.07, 6.45) is 4.33. The number of ether oxygens (including phenoxy) is 1. The summed E-state index contributed by atoms with van der Waals surface area (Å²) in [5.74, 6) is 1.34. The van der Waals surface area contributed by atoms with Crippen molar-refractivity contribution >= 4 is 5.57 Å². The van der Waals surface area contributed by atoms with Crippen LogP contribution in [0.25, 0.3) is 5.57 Å². The van der Waals surface area contributed by atoms with Crippen LogP contribution in [0.5, 0.6) is 5.88 Å². The largest absolute Gasteiger partial charge is 0.473 e. The second-order valence-corrected chi connectivity index (χ2v) is 4.96. The van der Waals surface area contributed by atoms with Crippen LogP contribution in [0.3, 0.4) is 0 Å². The Kier molecular flexibility index (Phi) is 3.32. The molecule has 1 aromatic heterocycles. The highest BCUT2D eigenvalue weighted by Gasteiger charge is 2.25. The van der Waals surface area contributed by atoms with Gasteiger partial charge in [-0.1, -0.05) is 36.9 Å². The molecule has 1 saturated carbocycles. The topological polar surface area (TPSA) is 22.1 Å². The molecule has 1 aliphatic carbocycles. The summed E-state index contributed by atoms with van der Waals surface area (Å²) in [5, 5.41) is 0.